The number of nitrogens with zero attached hydrogens (tertiary/aromatic N) is 1. The Kier molecular flexibility index (Phi) is 3.93. The SMILES string of the molecule is O=[N+]([O-])c1ccccc1CNCC1(CCO)CC1. The van der Waals surface area contributed by atoms with Crippen LogP contribution in [-0.2, 0) is 6.54 Å². The van der Waals surface area contributed by atoms with Gasteiger partial charge < -0.3 is 10.4 Å². The summed E-state index contributed by atoms with van der Waals surface area (Å²) >= 11 is 0. The second-order valence-corrected chi connectivity index (χ2v) is 4.96. The number of hydrogen-bond acceptors (Lipinski definition) is 4. The van der Waals surface area contributed by atoms with Crippen LogP contribution in [-0.4, -0.2) is 23.2 Å². The van der Waals surface area contributed by atoms with Crippen molar-refractivity contribution in [2.24, 2.45) is 5.41 Å². The molecule has 2 rings (SSSR count). The molecule has 1 aromatic rings. The minimum absolute atomic E-state index is 0.164. The van der Waals surface area contributed by atoms with Crippen molar-refractivity contribution in [1.82, 2.24) is 5.32 Å². The molecule has 0 spiro atoms. The van der Waals surface area contributed by atoms with Gasteiger partial charge in [-0.25, -0.2) is 0 Å². The fourth-order valence-corrected chi connectivity index (χ4v) is 2.23. The largest absolute Gasteiger partial charge is 0.396 e. The standard InChI is InChI=1S/C13H18N2O3/c16-8-7-13(5-6-13)10-14-9-11-3-1-2-4-12(11)15(17)18/h1-4,14,16H,5-10H2. The summed E-state index contributed by atoms with van der Waals surface area (Å²) in [5, 5.41) is 23.1. The molecule has 1 saturated carbocycles. The molecule has 0 unspecified atom stereocenters. The minimum atomic E-state index is -0.350. The highest BCUT2D eigenvalue weighted by atomic mass is 16.6. The molecule has 0 heterocycles. The molecule has 0 aromatic heterocycles. The van der Waals surface area contributed by atoms with Crippen molar-refractivity contribution in [3.63, 3.8) is 0 Å². The van der Waals surface area contributed by atoms with Crippen molar-refractivity contribution >= 4 is 5.69 Å². The van der Waals surface area contributed by atoms with E-state index in [-0.39, 0.29) is 22.6 Å². The van der Waals surface area contributed by atoms with E-state index in [9.17, 15) is 10.1 Å². The quantitative estimate of drug-likeness (QED) is 0.572. The van der Waals surface area contributed by atoms with E-state index in [4.69, 9.17) is 5.11 Å². The Morgan fingerprint density at radius 1 is 1.39 bits per heavy atom. The molecule has 5 nitrogen and oxygen atoms in total. The van der Waals surface area contributed by atoms with E-state index >= 15 is 0 Å². The lowest BCUT2D eigenvalue weighted by Gasteiger charge is -2.14. The molecule has 0 amide bonds. The second kappa shape index (κ2) is 5.46. The molecule has 1 aliphatic carbocycles. The predicted octanol–water partition coefficient (Wildman–Crippen LogP) is 1.85. The van der Waals surface area contributed by atoms with Gasteiger partial charge in [-0.3, -0.25) is 10.1 Å². The first-order chi connectivity index (χ1) is 8.67. The van der Waals surface area contributed by atoms with Gasteiger partial charge in [0.1, 0.15) is 0 Å². The molecule has 98 valence electrons. The van der Waals surface area contributed by atoms with Gasteiger partial charge in [-0.05, 0) is 24.7 Å². The van der Waals surface area contributed by atoms with Crippen LogP contribution in [0.1, 0.15) is 24.8 Å². The van der Waals surface area contributed by atoms with Crippen molar-refractivity contribution in [2.45, 2.75) is 25.8 Å². The summed E-state index contributed by atoms with van der Waals surface area (Å²) in [5.74, 6) is 0. The number of hydrogen-bond donors (Lipinski definition) is 2. The fraction of sp³-hybridized carbons (Fsp3) is 0.538. The number of benzene rings is 1. The monoisotopic (exact) mass is 250 g/mol. The zero-order valence-corrected chi connectivity index (χ0v) is 10.3. The minimum Gasteiger partial charge on any atom is -0.396 e. The van der Waals surface area contributed by atoms with Crippen LogP contribution in [0.4, 0.5) is 5.69 Å². The summed E-state index contributed by atoms with van der Waals surface area (Å²) < 4.78 is 0. The first kappa shape index (κ1) is 13.0. The van der Waals surface area contributed by atoms with Gasteiger partial charge in [0.05, 0.1) is 4.92 Å². The fourth-order valence-electron chi connectivity index (χ4n) is 2.23. The van der Waals surface area contributed by atoms with Gasteiger partial charge in [-0.1, -0.05) is 18.2 Å². The molecule has 0 bridgehead atoms. The van der Waals surface area contributed by atoms with Crippen LogP contribution >= 0.6 is 0 Å². The summed E-state index contributed by atoms with van der Waals surface area (Å²) in [6.07, 6.45) is 3.09. The van der Waals surface area contributed by atoms with E-state index < -0.39 is 0 Å². The molecule has 0 atom stereocenters. The number of aliphatic hydroxyl groups is 1. The van der Waals surface area contributed by atoms with Gasteiger partial charge in [0.25, 0.3) is 5.69 Å². The zero-order chi connectivity index (χ0) is 13.0. The highest BCUT2D eigenvalue weighted by Crippen LogP contribution is 2.47. The van der Waals surface area contributed by atoms with Gasteiger partial charge >= 0.3 is 0 Å². The first-order valence-corrected chi connectivity index (χ1v) is 6.21. The molecule has 0 aliphatic heterocycles. The second-order valence-electron chi connectivity index (χ2n) is 4.96. The van der Waals surface area contributed by atoms with E-state index in [1.807, 2.05) is 6.07 Å². The lowest BCUT2D eigenvalue weighted by Crippen LogP contribution is -2.24. The lowest BCUT2D eigenvalue weighted by molar-refractivity contribution is -0.385. The van der Waals surface area contributed by atoms with Crippen LogP contribution in [0, 0.1) is 15.5 Å². The molecule has 0 radical (unpaired) electrons. The number of nitro benzene ring substituents is 1. The van der Waals surface area contributed by atoms with Crippen molar-refractivity contribution in [2.75, 3.05) is 13.2 Å². The molecular weight excluding hydrogens is 232 g/mol. The zero-order valence-electron chi connectivity index (χ0n) is 10.3. The van der Waals surface area contributed by atoms with Crippen molar-refractivity contribution in [3.8, 4) is 0 Å². The summed E-state index contributed by atoms with van der Waals surface area (Å²) in [7, 11) is 0. The van der Waals surface area contributed by atoms with Crippen molar-refractivity contribution in [1.29, 1.82) is 0 Å². The molecule has 5 heteroatoms. The van der Waals surface area contributed by atoms with E-state index in [1.54, 1.807) is 12.1 Å². The van der Waals surface area contributed by atoms with Crippen LogP contribution in [0.15, 0.2) is 24.3 Å². The number of aliphatic hydroxyl groups excluding tert-OH is 1. The summed E-state index contributed by atoms with van der Waals surface area (Å²) in [6.45, 7) is 1.54. The summed E-state index contributed by atoms with van der Waals surface area (Å²) in [5.41, 5.74) is 1.11. The first-order valence-electron chi connectivity index (χ1n) is 6.21. The topological polar surface area (TPSA) is 75.4 Å². The van der Waals surface area contributed by atoms with Crippen molar-refractivity contribution in [3.05, 3.63) is 39.9 Å². The summed E-state index contributed by atoms with van der Waals surface area (Å²) in [4.78, 5) is 10.5. The van der Waals surface area contributed by atoms with Crippen LogP contribution in [0.3, 0.4) is 0 Å². The average molecular weight is 250 g/mol. The average Bonchev–Trinajstić information content (AvgIpc) is 3.10. The lowest BCUT2D eigenvalue weighted by atomic mass is 10.0. The Morgan fingerprint density at radius 2 is 2.11 bits per heavy atom. The summed E-state index contributed by atoms with van der Waals surface area (Å²) in [6, 6.07) is 6.79. The number of nitrogens with one attached hydrogen (secondary N) is 1. The molecule has 1 aliphatic rings. The maximum Gasteiger partial charge on any atom is 0.273 e. The third-order valence-corrected chi connectivity index (χ3v) is 3.60. The Morgan fingerprint density at radius 3 is 2.72 bits per heavy atom. The molecular formula is C13H18N2O3. The van der Waals surface area contributed by atoms with Crippen molar-refractivity contribution < 1.29 is 10.0 Å². The van der Waals surface area contributed by atoms with E-state index in [0.717, 1.165) is 25.8 Å². The third kappa shape index (κ3) is 3.05. The normalized spacial score (nSPS) is 16.5. The highest BCUT2D eigenvalue weighted by Gasteiger charge is 2.41. The Labute approximate surface area is 106 Å². The molecule has 1 aromatic carbocycles. The number of nitro groups is 1. The highest BCUT2D eigenvalue weighted by molar-refractivity contribution is 5.39. The number of rotatable bonds is 7. The van der Waals surface area contributed by atoms with Crippen LogP contribution in [0.2, 0.25) is 0 Å². The van der Waals surface area contributed by atoms with E-state index in [1.165, 1.54) is 6.07 Å². The van der Waals surface area contributed by atoms with Gasteiger partial charge in [0.15, 0.2) is 0 Å². The maximum atomic E-state index is 10.8. The van der Waals surface area contributed by atoms with E-state index in [2.05, 4.69) is 5.32 Å². The molecule has 0 saturated heterocycles. The van der Waals surface area contributed by atoms with Gasteiger partial charge in [-0.2, -0.15) is 0 Å². The van der Waals surface area contributed by atoms with Gasteiger partial charge in [0.2, 0.25) is 0 Å². The van der Waals surface area contributed by atoms with Crippen LogP contribution in [0.5, 0.6) is 0 Å². The third-order valence-electron chi connectivity index (χ3n) is 3.60. The number of para-hydroxylation sites is 1. The molecule has 1 fully saturated rings. The molecule has 18 heavy (non-hydrogen) atoms. The predicted molar refractivity (Wildman–Crippen MR) is 68.2 cm³/mol. The van der Waals surface area contributed by atoms with E-state index in [0.29, 0.717) is 12.1 Å². The molecule has 2 N–H and O–H groups in total. The van der Waals surface area contributed by atoms with Gasteiger partial charge in [-0.15, -0.1) is 0 Å². The smallest absolute Gasteiger partial charge is 0.273 e. The Balaban J connectivity index is 1.89. The Bertz CT molecular complexity index is 430. The van der Waals surface area contributed by atoms with Crippen LogP contribution < -0.4 is 5.32 Å². The van der Waals surface area contributed by atoms with Crippen LogP contribution in [0.25, 0.3) is 0 Å². The van der Waals surface area contributed by atoms with Gasteiger partial charge in [0, 0.05) is 31.3 Å². The maximum absolute atomic E-state index is 10.8. The Hall–Kier alpha value is -1.46.